The number of nitrogens with zero attached hydrogens (tertiary/aromatic N) is 2. The lowest BCUT2D eigenvalue weighted by Crippen LogP contribution is -2.42. The van der Waals surface area contributed by atoms with Gasteiger partial charge in [-0.05, 0) is 73.8 Å². The van der Waals surface area contributed by atoms with Crippen LogP contribution < -0.4 is 9.64 Å². The van der Waals surface area contributed by atoms with Gasteiger partial charge in [0, 0.05) is 31.2 Å². The van der Waals surface area contributed by atoms with Gasteiger partial charge < -0.3 is 19.3 Å². The van der Waals surface area contributed by atoms with Crippen molar-refractivity contribution in [1.29, 1.82) is 0 Å². The predicted octanol–water partition coefficient (Wildman–Crippen LogP) is 6.25. The molecule has 4 nitrogen and oxygen atoms in total. The molecule has 0 amide bonds. The van der Waals surface area contributed by atoms with Crippen molar-refractivity contribution in [3.05, 3.63) is 59.7 Å². The van der Waals surface area contributed by atoms with Crippen LogP contribution in [0.4, 0.5) is 18.9 Å². The van der Waals surface area contributed by atoms with E-state index in [1.54, 1.807) is 0 Å². The zero-order valence-corrected chi connectivity index (χ0v) is 21.1. The van der Waals surface area contributed by atoms with E-state index in [2.05, 4.69) is 41.0 Å². The predicted molar refractivity (Wildman–Crippen MR) is 136 cm³/mol. The van der Waals surface area contributed by atoms with Crippen molar-refractivity contribution in [3.8, 4) is 5.75 Å². The van der Waals surface area contributed by atoms with Gasteiger partial charge in [0.25, 0.3) is 0 Å². The van der Waals surface area contributed by atoms with Gasteiger partial charge in [-0.1, -0.05) is 25.5 Å². The molecule has 0 N–H and O–H groups in total. The molecule has 2 fully saturated rings. The van der Waals surface area contributed by atoms with Gasteiger partial charge in [-0.2, -0.15) is 13.2 Å². The Morgan fingerprint density at radius 3 is 2.29 bits per heavy atom. The minimum Gasteiger partial charge on any atom is -0.493 e. The van der Waals surface area contributed by atoms with E-state index < -0.39 is 11.7 Å². The van der Waals surface area contributed by atoms with Gasteiger partial charge in [0.15, 0.2) is 0 Å². The number of hydrogen-bond acceptors (Lipinski definition) is 4. The number of morpholine rings is 1. The Bertz CT molecular complexity index is 887. The van der Waals surface area contributed by atoms with Crippen molar-refractivity contribution in [1.82, 2.24) is 4.90 Å². The maximum absolute atomic E-state index is 12.9. The van der Waals surface area contributed by atoms with E-state index in [0.29, 0.717) is 18.3 Å². The van der Waals surface area contributed by atoms with Gasteiger partial charge >= 0.3 is 6.18 Å². The summed E-state index contributed by atoms with van der Waals surface area (Å²) in [5, 5.41) is 0. The Kier molecular flexibility index (Phi) is 10.1. The Morgan fingerprint density at radius 2 is 1.66 bits per heavy atom. The van der Waals surface area contributed by atoms with Gasteiger partial charge in [0.1, 0.15) is 5.75 Å². The lowest BCUT2D eigenvalue weighted by atomic mass is 9.80. The van der Waals surface area contributed by atoms with Crippen LogP contribution in [-0.2, 0) is 10.9 Å². The Morgan fingerprint density at radius 1 is 0.971 bits per heavy atom. The normalized spacial score (nSPS) is 21.4. The van der Waals surface area contributed by atoms with Gasteiger partial charge in [0.05, 0.1) is 25.4 Å². The molecule has 0 aliphatic carbocycles. The molecule has 4 rings (SSSR count). The molecule has 0 saturated carbocycles. The molecule has 2 aliphatic rings. The number of ether oxygens (including phenoxy) is 2. The Labute approximate surface area is 212 Å². The molecule has 2 saturated heterocycles. The molecular formula is C27H36ClF3N2O2. The maximum Gasteiger partial charge on any atom is 0.416 e. The van der Waals surface area contributed by atoms with E-state index in [-0.39, 0.29) is 18.3 Å². The molecule has 2 aromatic carbocycles. The highest BCUT2D eigenvalue weighted by molar-refractivity contribution is 5.85. The number of likely N-dealkylation sites (tertiary alicyclic amines) is 1. The summed E-state index contributed by atoms with van der Waals surface area (Å²) in [5.41, 5.74) is 1.89. The SMILES string of the molecule is CCCCN1CCC(c2ccc(N3CCOCC3)cc2)C(COc2ccc(C(F)(F)F)cc2)C1.Cl. The summed E-state index contributed by atoms with van der Waals surface area (Å²) in [6, 6.07) is 13.9. The Balaban J connectivity index is 0.00000342. The summed E-state index contributed by atoms with van der Waals surface area (Å²) in [5.74, 6) is 1.13. The summed E-state index contributed by atoms with van der Waals surface area (Å²) < 4.78 is 50.1. The average molecular weight is 513 g/mol. The molecule has 2 unspecified atom stereocenters. The molecule has 2 heterocycles. The molecule has 2 aliphatic heterocycles. The number of rotatable bonds is 8. The fourth-order valence-corrected chi connectivity index (χ4v) is 5.00. The molecule has 0 spiro atoms. The molecule has 8 heteroatoms. The highest BCUT2D eigenvalue weighted by Crippen LogP contribution is 2.35. The number of alkyl halides is 3. The first kappa shape index (κ1) is 27.6. The van der Waals surface area contributed by atoms with Crippen molar-refractivity contribution in [2.24, 2.45) is 5.92 Å². The summed E-state index contributed by atoms with van der Waals surface area (Å²) in [7, 11) is 0. The minimum atomic E-state index is -4.33. The summed E-state index contributed by atoms with van der Waals surface area (Å²) in [4.78, 5) is 4.86. The maximum atomic E-state index is 12.9. The van der Waals surface area contributed by atoms with E-state index in [1.807, 2.05) is 0 Å². The van der Waals surface area contributed by atoms with Crippen LogP contribution in [0.25, 0.3) is 0 Å². The second-order valence-corrected chi connectivity index (χ2v) is 9.33. The summed E-state index contributed by atoms with van der Waals surface area (Å²) in [6.45, 7) is 9.14. The van der Waals surface area contributed by atoms with E-state index >= 15 is 0 Å². The lowest BCUT2D eigenvalue weighted by Gasteiger charge is -2.39. The van der Waals surface area contributed by atoms with Crippen LogP contribution in [-0.4, -0.2) is 57.4 Å². The summed E-state index contributed by atoms with van der Waals surface area (Å²) in [6.07, 6.45) is -0.942. The van der Waals surface area contributed by atoms with E-state index in [4.69, 9.17) is 9.47 Å². The van der Waals surface area contributed by atoms with Gasteiger partial charge in [-0.25, -0.2) is 0 Å². The largest absolute Gasteiger partial charge is 0.493 e. The first-order chi connectivity index (χ1) is 16.4. The smallest absolute Gasteiger partial charge is 0.416 e. The number of unbranched alkanes of at least 4 members (excludes halogenated alkanes) is 1. The third-order valence-corrected chi connectivity index (χ3v) is 6.99. The second-order valence-electron chi connectivity index (χ2n) is 9.33. The first-order valence-corrected chi connectivity index (χ1v) is 12.4. The Hall–Kier alpha value is -1.96. The number of anilines is 1. The highest BCUT2D eigenvalue weighted by atomic mass is 35.5. The van der Waals surface area contributed by atoms with Gasteiger partial charge in [0.2, 0.25) is 0 Å². The van der Waals surface area contributed by atoms with E-state index in [0.717, 1.165) is 70.9 Å². The van der Waals surface area contributed by atoms with Crippen molar-refractivity contribution < 1.29 is 22.6 Å². The van der Waals surface area contributed by atoms with Crippen molar-refractivity contribution in [3.63, 3.8) is 0 Å². The van der Waals surface area contributed by atoms with Crippen LogP contribution in [0.2, 0.25) is 0 Å². The van der Waals surface area contributed by atoms with Crippen LogP contribution in [0.5, 0.6) is 5.75 Å². The fraction of sp³-hybridized carbons (Fsp3) is 0.556. The molecular weight excluding hydrogens is 477 g/mol. The highest BCUT2D eigenvalue weighted by Gasteiger charge is 2.32. The molecule has 2 aromatic rings. The summed E-state index contributed by atoms with van der Waals surface area (Å²) >= 11 is 0. The zero-order valence-electron chi connectivity index (χ0n) is 20.3. The first-order valence-electron chi connectivity index (χ1n) is 12.4. The lowest BCUT2D eigenvalue weighted by molar-refractivity contribution is -0.137. The van der Waals surface area contributed by atoms with Gasteiger partial charge in [-0.15, -0.1) is 12.4 Å². The number of hydrogen-bond donors (Lipinski definition) is 0. The van der Waals surface area contributed by atoms with Crippen LogP contribution in [0.3, 0.4) is 0 Å². The third kappa shape index (κ3) is 7.51. The minimum absolute atomic E-state index is 0. The molecule has 0 bridgehead atoms. The molecule has 35 heavy (non-hydrogen) atoms. The molecule has 194 valence electrons. The van der Waals surface area contributed by atoms with E-state index in [9.17, 15) is 13.2 Å². The molecule has 0 aromatic heterocycles. The van der Waals surface area contributed by atoms with Gasteiger partial charge in [-0.3, -0.25) is 0 Å². The average Bonchev–Trinajstić information content (AvgIpc) is 2.86. The standard InChI is InChI=1S/C27H35F3N2O2.ClH/c1-2-3-13-31-14-12-26(21-4-8-24(9-5-21)32-15-17-33-18-16-32)22(19-31)20-34-25-10-6-23(7-11-25)27(28,29)30;/h4-11,22,26H,2-3,12-20H2,1H3;1H. The van der Waals surface area contributed by atoms with Crippen molar-refractivity contribution >= 4 is 18.1 Å². The number of benzene rings is 2. The zero-order chi connectivity index (χ0) is 24.0. The van der Waals surface area contributed by atoms with Crippen LogP contribution >= 0.6 is 12.4 Å². The molecule has 2 atom stereocenters. The number of piperidine rings is 1. The quantitative estimate of drug-likeness (QED) is 0.417. The van der Waals surface area contributed by atoms with E-state index in [1.165, 1.54) is 29.8 Å². The monoisotopic (exact) mass is 512 g/mol. The van der Waals surface area contributed by atoms with Crippen LogP contribution in [0.15, 0.2) is 48.5 Å². The van der Waals surface area contributed by atoms with Crippen molar-refractivity contribution in [2.45, 2.75) is 38.3 Å². The third-order valence-electron chi connectivity index (χ3n) is 6.99. The fourth-order valence-electron chi connectivity index (χ4n) is 5.00. The second kappa shape index (κ2) is 12.8. The van der Waals surface area contributed by atoms with Crippen molar-refractivity contribution in [2.75, 3.05) is 57.4 Å². The molecule has 0 radical (unpaired) electrons. The van der Waals surface area contributed by atoms with Crippen LogP contribution in [0.1, 0.15) is 43.2 Å². The number of halogens is 4. The topological polar surface area (TPSA) is 24.9 Å². The van der Waals surface area contributed by atoms with Crippen LogP contribution in [0, 0.1) is 5.92 Å².